The Hall–Kier alpha value is -1.90. The van der Waals surface area contributed by atoms with Gasteiger partial charge in [0, 0.05) is 38.3 Å². The standard InChI is InChI=1S/C17H21FN4O2S/c1-13-16(25-20-19-13)17(23)22(7-6-21-8-10-24-11-9-21)12-14-4-2-3-5-15(14)18/h2-5H,6-12H2,1H3. The zero-order chi connectivity index (χ0) is 17.6. The molecule has 134 valence electrons. The Morgan fingerprint density at radius 3 is 2.80 bits per heavy atom. The Labute approximate surface area is 150 Å². The van der Waals surface area contributed by atoms with Gasteiger partial charge in [-0.15, -0.1) is 5.10 Å². The number of nitrogens with zero attached hydrogens (tertiary/aromatic N) is 4. The van der Waals surface area contributed by atoms with Gasteiger partial charge in [-0.05, 0) is 24.5 Å². The van der Waals surface area contributed by atoms with Crippen LogP contribution in [0.2, 0.25) is 0 Å². The molecule has 25 heavy (non-hydrogen) atoms. The average molecular weight is 364 g/mol. The maximum atomic E-state index is 14.0. The van der Waals surface area contributed by atoms with E-state index in [1.165, 1.54) is 6.07 Å². The molecule has 3 rings (SSSR count). The van der Waals surface area contributed by atoms with Crippen LogP contribution in [0.15, 0.2) is 24.3 Å². The van der Waals surface area contributed by atoms with Crippen LogP contribution < -0.4 is 0 Å². The number of ether oxygens (including phenoxy) is 1. The lowest BCUT2D eigenvalue weighted by Crippen LogP contribution is -2.43. The lowest BCUT2D eigenvalue weighted by atomic mass is 10.2. The summed E-state index contributed by atoms with van der Waals surface area (Å²) in [5.41, 5.74) is 1.12. The van der Waals surface area contributed by atoms with Crippen LogP contribution in [0.25, 0.3) is 0 Å². The van der Waals surface area contributed by atoms with Crippen LogP contribution in [0.4, 0.5) is 4.39 Å². The molecule has 0 radical (unpaired) electrons. The molecule has 6 nitrogen and oxygen atoms in total. The number of amides is 1. The molecule has 0 atom stereocenters. The van der Waals surface area contributed by atoms with Crippen molar-refractivity contribution in [2.45, 2.75) is 13.5 Å². The number of benzene rings is 1. The topological polar surface area (TPSA) is 58.6 Å². The third-order valence-corrected chi connectivity index (χ3v) is 5.06. The van der Waals surface area contributed by atoms with E-state index in [-0.39, 0.29) is 18.3 Å². The number of carbonyl (C=O) groups excluding carboxylic acids is 1. The minimum Gasteiger partial charge on any atom is -0.379 e. The van der Waals surface area contributed by atoms with E-state index in [0.717, 1.165) is 31.2 Å². The number of carbonyl (C=O) groups is 1. The van der Waals surface area contributed by atoms with Crippen LogP contribution in [-0.4, -0.2) is 64.7 Å². The molecule has 1 aromatic carbocycles. The average Bonchev–Trinajstić information content (AvgIpc) is 3.06. The number of morpholine rings is 1. The summed E-state index contributed by atoms with van der Waals surface area (Å²) in [6.07, 6.45) is 0. The molecule has 1 aliphatic heterocycles. The zero-order valence-corrected chi connectivity index (χ0v) is 15.0. The van der Waals surface area contributed by atoms with Gasteiger partial charge >= 0.3 is 0 Å². The zero-order valence-electron chi connectivity index (χ0n) is 14.2. The van der Waals surface area contributed by atoms with E-state index in [9.17, 15) is 9.18 Å². The largest absolute Gasteiger partial charge is 0.379 e. The maximum Gasteiger partial charge on any atom is 0.267 e. The lowest BCUT2D eigenvalue weighted by Gasteiger charge is -2.30. The third kappa shape index (κ3) is 4.59. The minimum absolute atomic E-state index is 0.149. The Morgan fingerprint density at radius 1 is 1.36 bits per heavy atom. The molecular weight excluding hydrogens is 343 g/mol. The summed E-state index contributed by atoms with van der Waals surface area (Å²) in [4.78, 5) is 17.3. The van der Waals surface area contributed by atoms with Gasteiger partial charge in [0.05, 0.1) is 18.9 Å². The highest BCUT2D eigenvalue weighted by Gasteiger charge is 2.23. The normalized spacial score (nSPS) is 15.3. The summed E-state index contributed by atoms with van der Waals surface area (Å²) < 4.78 is 23.2. The Balaban J connectivity index is 1.74. The van der Waals surface area contributed by atoms with E-state index in [2.05, 4.69) is 14.5 Å². The molecule has 0 aliphatic carbocycles. The van der Waals surface area contributed by atoms with Crippen LogP contribution in [0.1, 0.15) is 20.9 Å². The second-order valence-electron chi connectivity index (χ2n) is 5.96. The highest BCUT2D eigenvalue weighted by molar-refractivity contribution is 7.07. The monoisotopic (exact) mass is 364 g/mol. The van der Waals surface area contributed by atoms with Crippen molar-refractivity contribution >= 4 is 17.4 Å². The molecule has 0 spiro atoms. The minimum atomic E-state index is -0.300. The van der Waals surface area contributed by atoms with E-state index >= 15 is 0 Å². The van der Waals surface area contributed by atoms with Crippen molar-refractivity contribution in [3.8, 4) is 0 Å². The Kier molecular flexibility index (Phi) is 6.06. The van der Waals surface area contributed by atoms with E-state index in [0.29, 0.717) is 35.9 Å². The first kappa shape index (κ1) is 17.9. The molecule has 1 saturated heterocycles. The number of aryl methyl sites for hydroxylation is 1. The van der Waals surface area contributed by atoms with Gasteiger partial charge in [0.25, 0.3) is 5.91 Å². The summed E-state index contributed by atoms with van der Waals surface area (Å²) in [6.45, 7) is 6.36. The molecule has 2 heterocycles. The Bertz CT molecular complexity index is 718. The number of halogens is 1. The van der Waals surface area contributed by atoms with Gasteiger partial charge < -0.3 is 9.64 Å². The Morgan fingerprint density at radius 2 is 2.12 bits per heavy atom. The molecule has 1 fully saturated rings. The molecule has 1 aromatic heterocycles. The molecule has 0 saturated carbocycles. The number of rotatable bonds is 6. The van der Waals surface area contributed by atoms with Crippen LogP contribution in [0.5, 0.6) is 0 Å². The van der Waals surface area contributed by atoms with Crippen molar-refractivity contribution in [2.24, 2.45) is 0 Å². The van der Waals surface area contributed by atoms with Crippen molar-refractivity contribution in [2.75, 3.05) is 39.4 Å². The SMILES string of the molecule is Cc1nnsc1C(=O)N(CCN1CCOCC1)Cc1ccccc1F. The van der Waals surface area contributed by atoms with Crippen LogP contribution in [-0.2, 0) is 11.3 Å². The van der Waals surface area contributed by atoms with Crippen molar-refractivity contribution < 1.29 is 13.9 Å². The van der Waals surface area contributed by atoms with Gasteiger partial charge in [-0.2, -0.15) is 0 Å². The summed E-state index contributed by atoms with van der Waals surface area (Å²) in [7, 11) is 0. The van der Waals surface area contributed by atoms with Crippen molar-refractivity contribution in [3.05, 3.63) is 46.2 Å². The lowest BCUT2D eigenvalue weighted by molar-refractivity contribution is 0.0320. The van der Waals surface area contributed by atoms with Gasteiger partial charge in [-0.25, -0.2) is 4.39 Å². The smallest absolute Gasteiger partial charge is 0.267 e. The van der Waals surface area contributed by atoms with Gasteiger partial charge in [0.2, 0.25) is 0 Å². The first-order valence-electron chi connectivity index (χ1n) is 8.27. The van der Waals surface area contributed by atoms with Crippen LogP contribution in [0.3, 0.4) is 0 Å². The molecule has 0 bridgehead atoms. The van der Waals surface area contributed by atoms with Crippen LogP contribution >= 0.6 is 11.5 Å². The highest BCUT2D eigenvalue weighted by atomic mass is 32.1. The molecule has 0 N–H and O–H groups in total. The van der Waals surface area contributed by atoms with Crippen molar-refractivity contribution in [3.63, 3.8) is 0 Å². The van der Waals surface area contributed by atoms with Gasteiger partial charge in [0.1, 0.15) is 10.7 Å². The second-order valence-corrected chi connectivity index (χ2v) is 6.71. The molecule has 8 heteroatoms. The predicted octanol–water partition coefficient (Wildman–Crippen LogP) is 1.96. The van der Waals surface area contributed by atoms with Crippen LogP contribution in [0, 0.1) is 12.7 Å². The molecule has 1 aliphatic rings. The van der Waals surface area contributed by atoms with E-state index in [1.54, 1.807) is 30.0 Å². The second kappa shape index (κ2) is 8.46. The third-order valence-electron chi connectivity index (χ3n) is 4.24. The first-order valence-corrected chi connectivity index (χ1v) is 9.04. The summed E-state index contributed by atoms with van der Waals surface area (Å²) >= 11 is 1.08. The molecule has 1 amide bonds. The van der Waals surface area contributed by atoms with Crippen molar-refractivity contribution in [1.82, 2.24) is 19.4 Å². The van der Waals surface area contributed by atoms with E-state index in [1.807, 2.05) is 0 Å². The van der Waals surface area contributed by atoms with Crippen molar-refractivity contribution in [1.29, 1.82) is 0 Å². The van der Waals surface area contributed by atoms with Gasteiger partial charge in [-0.1, -0.05) is 22.7 Å². The maximum absolute atomic E-state index is 14.0. The summed E-state index contributed by atoms with van der Waals surface area (Å²) in [5.74, 6) is -0.449. The fourth-order valence-corrected chi connectivity index (χ4v) is 3.37. The van der Waals surface area contributed by atoms with Gasteiger partial charge in [0.15, 0.2) is 0 Å². The van der Waals surface area contributed by atoms with Gasteiger partial charge in [-0.3, -0.25) is 9.69 Å². The fraction of sp³-hybridized carbons (Fsp3) is 0.471. The fourth-order valence-electron chi connectivity index (χ4n) is 2.74. The molecule has 2 aromatic rings. The highest BCUT2D eigenvalue weighted by Crippen LogP contribution is 2.17. The van der Waals surface area contributed by atoms with E-state index in [4.69, 9.17) is 4.74 Å². The quantitative estimate of drug-likeness (QED) is 0.784. The first-order chi connectivity index (χ1) is 12.1. The molecule has 0 unspecified atom stereocenters. The number of aromatic nitrogens is 2. The summed E-state index contributed by atoms with van der Waals surface area (Å²) in [6, 6.07) is 6.56. The molecular formula is C17H21FN4O2S. The number of hydrogen-bond acceptors (Lipinski definition) is 6. The van der Waals surface area contributed by atoms with E-state index < -0.39 is 0 Å². The number of hydrogen-bond donors (Lipinski definition) is 0. The summed E-state index contributed by atoms with van der Waals surface area (Å²) in [5, 5.41) is 3.91. The predicted molar refractivity (Wildman–Crippen MR) is 93.0 cm³/mol.